The van der Waals surface area contributed by atoms with Gasteiger partial charge in [-0.3, -0.25) is 19.2 Å². The molecular weight excluding hydrogens is 717 g/mol. The van der Waals surface area contributed by atoms with Gasteiger partial charge >= 0.3 is 0 Å². The molecule has 0 spiro atoms. The van der Waals surface area contributed by atoms with Crippen molar-refractivity contribution in [3.63, 3.8) is 0 Å². The van der Waals surface area contributed by atoms with E-state index in [1.54, 1.807) is 0 Å². The van der Waals surface area contributed by atoms with Gasteiger partial charge in [0.05, 0.1) is 11.4 Å². The van der Waals surface area contributed by atoms with Crippen LogP contribution in [0.15, 0.2) is 133 Å². The van der Waals surface area contributed by atoms with Crippen LogP contribution >= 0.6 is 0 Å². The maximum absolute atomic E-state index is 14.3. The predicted octanol–water partition coefficient (Wildman–Crippen LogP) is 12.2. The lowest BCUT2D eigenvalue weighted by molar-refractivity contribution is 0.0877. The second kappa shape index (κ2) is 13.5. The maximum atomic E-state index is 14.3. The van der Waals surface area contributed by atoms with Gasteiger partial charge in [0.15, 0.2) is 0 Å². The zero-order valence-electron chi connectivity index (χ0n) is 32.0. The number of amides is 4. The van der Waals surface area contributed by atoms with Crippen LogP contribution in [-0.4, -0.2) is 23.6 Å². The van der Waals surface area contributed by atoms with Crippen LogP contribution in [0.2, 0.25) is 0 Å². The van der Waals surface area contributed by atoms with Gasteiger partial charge in [-0.25, -0.2) is 9.80 Å². The number of hydrogen-bond acceptors (Lipinski definition) is 4. The highest BCUT2D eigenvalue weighted by Gasteiger charge is 2.38. The van der Waals surface area contributed by atoms with Crippen LogP contribution in [0.5, 0.6) is 0 Å². The number of carbonyl (C=O) groups is 4. The monoisotopic (exact) mass is 756 g/mol. The molecule has 2 aliphatic heterocycles. The summed E-state index contributed by atoms with van der Waals surface area (Å²) in [6.45, 7) is 0. The average molecular weight is 757 g/mol. The topological polar surface area (TPSA) is 74.8 Å². The van der Waals surface area contributed by atoms with E-state index in [1.165, 1.54) is 9.80 Å². The second-order valence-corrected chi connectivity index (χ2v) is 16.3. The van der Waals surface area contributed by atoms with E-state index < -0.39 is 0 Å². The van der Waals surface area contributed by atoms with Crippen LogP contribution in [0.4, 0.5) is 11.4 Å². The van der Waals surface area contributed by atoms with E-state index in [0.717, 1.165) is 95.5 Å². The first-order valence-corrected chi connectivity index (χ1v) is 20.7. The zero-order valence-corrected chi connectivity index (χ0v) is 32.0. The van der Waals surface area contributed by atoms with Crippen LogP contribution in [0, 0.1) is 0 Å². The molecule has 0 radical (unpaired) electrons. The van der Waals surface area contributed by atoms with E-state index >= 15 is 0 Å². The van der Waals surface area contributed by atoms with Crippen molar-refractivity contribution < 1.29 is 19.2 Å². The first kappa shape index (κ1) is 34.6. The van der Waals surface area contributed by atoms with Gasteiger partial charge in [-0.1, -0.05) is 123 Å². The lowest BCUT2D eigenvalue weighted by Gasteiger charge is -2.30. The summed E-state index contributed by atoms with van der Waals surface area (Å²) in [5, 5.41) is 3.08. The highest BCUT2D eigenvalue weighted by Crippen LogP contribution is 2.45. The van der Waals surface area contributed by atoms with E-state index in [2.05, 4.69) is 36.4 Å². The van der Waals surface area contributed by atoms with Crippen molar-refractivity contribution in [2.24, 2.45) is 0 Å². The largest absolute Gasteiger partial charge is 0.268 e. The van der Waals surface area contributed by atoms with Gasteiger partial charge < -0.3 is 0 Å². The molecule has 6 heteroatoms. The van der Waals surface area contributed by atoms with Gasteiger partial charge in [0.2, 0.25) is 0 Å². The first-order chi connectivity index (χ1) is 28.5. The second-order valence-electron chi connectivity index (χ2n) is 16.3. The molecule has 7 aromatic rings. The molecule has 0 atom stereocenters. The number of imide groups is 2. The SMILES string of the molecule is O=C1c2cccc3c(-c4ccc(-c5ccc6c7c(cccc57)C(=O)N(c5ccccc5C5CCCC5)C6=O)cc4)ccc(c23)C(=O)N1c1ccccc1C1CCCC1. The Kier molecular flexibility index (Phi) is 8.04. The summed E-state index contributed by atoms with van der Waals surface area (Å²) in [5.41, 5.74) is 9.41. The molecule has 0 saturated heterocycles. The minimum absolute atomic E-state index is 0.290. The first-order valence-electron chi connectivity index (χ1n) is 20.7. The zero-order chi connectivity index (χ0) is 39.1. The third-order valence-electron chi connectivity index (χ3n) is 13.3. The molecule has 2 aliphatic carbocycles. The molecular formula is C52H40N2O4. The summed E-state index contributed by atoms with van der Waals surface area (Å²) in [6, 6.07) is 43.2. The Hall–Kier alpha value is -6.66. The Bertz CT molecular complexity index is 2660. The van der Waals surface area contributed by atoms with Gasteiger partial charge in [0, 0.05) is 33.0 Å². The van der Waals surface area contributed by atoms with E-state index in [4.69, 9.17) is 0 Å². The standard InChI is InChI=1S/C52H40N2O4/c55-49-41-19-9-17-39-35(27-29-43(47(39)41)51(57)53(49)45-21-7-5-15-37(45)31-11-1-2-12-31)33-23-25-34(26-24-33)36-28-30-44-48-40(36)18-10-20-42(48)50(56)54(52(44)58)46-22-8-6-16-38(46)32-13-3-4-14-32/h5-10,15-32H,1-4,11-14H2. The van der Waals surface area contributed by atoms with Crippen molar-refractivity contribution in [2.45, 2.75) is 63.2 Å². The van der Waals surface area contributed by atoms with Crippen LogP contribution in [-0.2, 0) is 0 Å². The molecule has 7 aromatic carbocycles. The summed E-state index contributed by atoms with van der Waals surface area (Å²) in [7, 11) is 0. The quantitative estimate of drug-likeness (QED) is 0.158. The molecule has 2 saturated carbocycles. The summed E-state index contributed by atoms with van der Waals surface area (Å²) in [5.74, 6) is -0.467. The van der Waals surface area contributed by atoms with Crippen molar-refractivity contribution in [3.05, 3.63) is 167 Å². The van der Waals surface area contributed by atoms with Gasteiger partial charge in [0.25, 0.3) is 23.6 Å². The Balaban J connectivity index is 0.943. The van der Waals surface area contributed by atoms with Crippen LogP contribution in [0.25, 0.3) is 43.8 Å². The van der Waals surface area contributed by atoms with Crippen molar-refractivity contribution in [3.8, 4) is 22.3 Å². The highest BCUT2D eigenvalue weighted by molar-refractivity contribution is 6.38. The van der Waals surface area contributed by atoms with Crippen molar-refractivity contribution in [1.82, 2.24) is 0 Å². The Morgan fingerprint density at radius 1 is 0.345 bits per heavy atom. The molecule has 0 aromatic heterocycles. The Morgan fingerprint density at radius 3 is 1.09 bits per heavy atom. The van der Waals surface area contributed by atoms with Crippen LogP contribution < -0.4 is 9.80 Å². The lowest BCUT2D eigenvalue weighted by Crippen LogP contribution is -2.41. The number of nitrogens with zero attached hydrogens (tertiary/aromatic N) is 2. The fourth-order valence-electron chi connectivity index (χ4n) is 10.5. The minimum Gasteiger partial charge on any atom is -0.268 e. The molecule has 11 rings (SSSR count). The lowest BCUT2D eigenvalue weighted by atomic mass is 9.86. The van der Waals surface area contributed by atoms with E-state index in [0.29, 0.717) is 56.2 Å². The average Bonchev–Trinajstić information content (AvgIpc) is 4.01. The number of para-hydroxylation sites is 2. The van der Waals surface area contributed by atoms with E-state index in [9.17, 15) is 19.2 Å². The molecule has 0 bridgehead atoms. The van der Waals surface area contributed by atoms with Crippen molar-refractivity contribution in [2.75, 3.05) is 9.80 Å². The molecule has 0 N–H and O–H groups in total. The fourth-order valence-corrected chi connectivity index (χ4v) is 10.5. The molecule has 6 nitrogen and oxygen atoms in total. The third kappa shape index (κ3) is 5.17. The summed E-state index contributed by atoms with van der Waals surface area (Å²) in [4.78, 5) is 59.9. The molecule has 2 heterocycles. The normalized spacial score (nSPS) is 17.0. The molecule has 2 fully saturated rings. The molecule has 4 amide bonds. The Labute approximate surface area is 336 Å². The van der Waals surface area contributed by atoms with E-state index in [-0.39, 0.29) is 23.6 Å². The van der Waals surface area contributed by atoms with Gasteiger partial charge in [0.1, 0.15) is 0 Å². The van der Waals surface area contributed by atoms with Gasteiger partial charge in [-0.15, -0.1) is 0 Å². The smallest absolute Gasteiger partial charge is 0.265 e. The van der Waals surface area contributed by atoms with Crippen LogP contribution in [0.1, 0.15) is 116 Å². The molecule has 0 unspecified atom stereocenters. The summed E-state index contributed by atoms with van der Waals surface area (Å²) >= 11 is 0. The molecule has 282 valence electrons. The number of carbonyl (C=O) groups excluding carboxylic acids is 4. The predicted molar refractivity (Wildman–Crippen MR) is 230 cm³/mol. The fraction of sp³-hybridized carbons (Fsp3) is 0.192. The van der Waals surface area contributed by atoms with Gasteiger partial charge in [-0.2, -0.15) is 0 Å². The molecule has 58 heavy (non-hydrogen) atoms. The van der Waals surface area contributed by atoms with Crippen LogP contribution in [0.3, 0.4) is 0 Å². The number of rotatable bonds is 6. The minimum atomic E-state index is -0.290. The van der Waals surface area contributed by atoms with E-state index in [1.807, 2.05) is 97.1 Å². The number of anilines is 2. The summed E-state index contributed by atoms with van der Waals surface area (Å²) in [6.07, 6.45) is 8.91. The summed E-state index contributed by atoms with van der Waals surface area (Å²) < 4.78 is 0. The third-order valence-corrected chi connectivity index (χ3v) is 13.3. The maximum Gasteiger partial charge on any atom is 0.265 e. The van der Waals surface area contributed by atoms with Crippen molar-refractivity contribution in [1.29, 1.82) is 0 Å². The van der Waals surface area contributed by atoms with Gasteiger partial charge in [-0.05, 0) is 118 Å². The highest BCUT2D eigenvalue weighted by atomic mass is 16.2. The number of benzene rings is 7. The molecule has 4 aliphatic rings. The Morgan fingerprint density at radius 2 is 0.690 bits per heavy atom. The number of hydrogen-bond donors (Lipinski definition) is 0. The van der Waals surface area contributed by atoms with Crippen molar-refractivity contribution >= 4 is 56.5 Å².